The monoisotopic (exact) mass is 780 g/mol. The molecule has 4 saturated carbocycles. The van der Waals surface area contributed by atoms with Crippen LogP contribution in [0.15, 0.2) is 11.6 Å². The summed E-state index contributed by atoms with van der Waals surface area (Å²) in [5.74, 6) is -1.18. The lowest BCUT2D eigenvalue weighted by molar-refractivity contribution is -0.366. The number of rotatable bonds is 7. The first-order chi connectivity index (χ1) is 25.6. The van der Waals surface area contributed by atoms with Gasteiger partial charge >= 0.3 is 5.97 Å². The standard InChI is InChI=1S/C41H64O14/c1-36(2)13-14-41(35(50)51)21(15-36)20-7-8-25-37(3)11-10-27(38(4,19-43)24(37)9-12-39(25,5)40(20,6)16-26(41)45)54-34-32(28(46)22(44)18-52-34)55-33-31(49)30(48)29(47)23(17-42)53-33/h7,19,21-34,42,44-49H,8-18H2,1-6H3,(H,50,51)/t21?,22-,23?,24-,25?,26?,27+,28+,29+,30+,31?,32?,33+,34+,37?,38-,39+,40-,41-/m1/s1. The summed E-state index contributed by atoms with van der Waals surface area (Å²) in [6, 6.07) is 0. The summed E-state index contributed by atoms with van der Waals surface area (Å²) in [7, 11) is 0. The van der Waals surface area contributed by atoms with Gasteiger partial charge in [0.05, 0.1) is 30.8 Å². The second kappa shape index (κ2) is 14.0. The SMILES string of the molecule is CC1(C)CC[C@]2(C(=O)O)C(O)C[C@]3(C)C(=CCC4C5(C)CC[C@H](O[C@@H]6OC[C@@H](O)[C@H](O)C6O[C@@H]6OC(CO)[C@H](O)[C@H](O)C6O)[C@](C)(C=O)[C@@H]5CC[C@@]43C)C2C1. The molecule has 55 heavy (non-hydrogen) atoms. The Morgan fingerprint density at radius 2 is 1.56 bits per heavy atom. The first kappa shape index (κ1) is 41.6. The number of hydrogen-bond acceptors (Lipinski definition) is 13. The number of fused-ring (bicyclic) bond motifs is 7. The van der Waals surface area contributed by atoms with Gasteiger partial charge in [0.15, 0.2) is 12.6 Å². The Morgan fingerprint density at radius 3 is 2.22 bits per heavy atom. The van der Waals surface area contributed by atoms with Gasteiger partial charge in [0.2, 0.25) is 0 Å². The second-order valence-corrected chi connectivity index (χ2v) is 20.0. The molecule has 0 spiro atoms. The van der Waals surface area contributed by atoms with Crippen molar-refractivity contribution in [3.05, 3.63) is 11.6 Å². The summed E-state index contributed by atoms with van der Waals surface area (Å²) in [6.07, 6.45) is -6.51. The van der Waals surface area contributed by atoms with E-state index in [4.69, 9.17) is 18.9 Å². The largest absolute Gasteiger partial charge is 0.481 e. The van der Waals surface area contributed by atoms with E-state index in [9.17, 15) is 50.4 Å². The molecule has 7 unspecified atom stereocenters. The Kier molecular flexibility index (Phi) is 10.6. The number of carboxylic acid groups (broad SMARTS) is 1. The van der Waals surface area contributed by atoms with E-state index in [1.807, 2.05) is 6.92 Å². The molecule has 7 rings (SSSR count). The predicted octanol–water partition coefficient (Wildman–Crippen LogP) is 1.67. The highest BCUT2D eigenvalue weighted by Gasteiger charge is 2.72. The molecule has 0 amide bonds. The number of hydrogen-bond donors (Lipinski definition) is 8. The van der Waals surface area contributed by atoms with Crippen molar-refractivity contribution in [1.82, 2.24) is 0 Å². The van der Waals surface area contributed by atoms with E-state index in [0.717, 1.165) is 25.5 Å². The van der Waals surface area contributed by atoms with E-state index >= 15 is 0 Å². The van der Waals surface area contributed by atoms with E-state index in [1.54, 1.807) is 0 Å². The number of carbonyl (C=O) groups excluding carboxylic acids is 1. The van der Waals surface area contributed by atoms with Crippen molar-refractivity contribution in [2.45, 2.75) is 167 Å². The summed E-state index contributed by atoms with van der Waals surface area (Å²) in [5.41, 5.74) is -2.16. The molecular formula is C41H64O14. The summed E-state index contributed by atoms with van der Waals surface area (Å²) < 4.78 is 23.9. The van der Waals surface area contributed by atoms with Crippen LogP contribution in [0.25, 0.3) is 0 Å². The van der Waals surface area contributed by atoms with Crippen LogP contribution < -0.4 is 0 Å². The van der Waals surface area contributed by atoms with Gasteiger partial charge in [0.1, 0.15) is 54.4 Å². The Bertz CT molecular complexity index is 1520. The van der Waals surface area contributed by atoms with Crippen LogP contribution in [0.5, 0.6) is 0 Å². The number of aliphatic carboxylic acids is 1. The number of allylic oxidation sites excluding steroid dienone is 2. The lowest BCUT2D eigenvalue weighted by Crippen LogP contribution is -2.68. The Morgan fingerprint density at radius 1 is 0.855 bits per heavy atom. The zero-order valence-electron chi connectivity index (χ0n) is 33.0. The summed E-state index contributed by atoms with van der Waals surface area (Å²) >= 11 is 0. The van der Waals surface area contributed by atoms with Gasteiger partial charge in [-0.15, -0.1) is 0 Å². The smallest absolute Gasteiger partial charge is 0.312 e. The minimum absolute atomic E-state index is 0.0525. The third kappa shape index (κ3) is 5.97. The maximum Gasteiger partial charge on any atom is 0.312 e. The molecule has 5 aliphatic carbocycles. The van der Waals surface area contributed by atoms with Crippen molar-refractivity contribution in [2.75, 3.05) is 13.2 Å². The minimum Gasteiger partial charge on any atom is -0.481 e. The van der Waals surface area contributed by atoms with Crippen LogP contribution in [0.4, 0.5) is 0 Å². The molecule has 312 valence electrons. The van der Waals surface area contributed by atoms with Crippen molar-refractivity contribution >= 4 is 12.3 Å². The molecule has 2 heterocycles. The summed E-state index contributed by atoms with van der Waals surface area (Å²) in [5, 5.41) is 85.3. The number of aliphatic hydroxyl groups excluding tert-OH is 7. The lowest BCUT2D eigenvalue weighted by atomic mass is 9.33. The van der Waals surface area contributed by atoms with Gasteiger partial charge in [-0.25, -0.2) is 0 Å². The molecule has 14 nitrogen and oxygen atoms in total. The van der Waals surface area contributed by atoms with Gasteiger partial charge in [-0.1, -0.05) is 53.2 Å². The molecule has 0 radical (unpaired) electrons. The molecule has 0 aromatic carbocycles. The maximum absolute atomic E-state index is 13.4. The topological polar surface area (TPSA) is 233 Å². The van der Waals surface area contributed by atoms with Crippen molar-refractivity contribution in [3.63, 3.8) is 0 Å². The molecule has 7 aliphatic rings. The van der Waals surface area contributed by atoms with Gasteiger partial charge < -0.3 is 64.6 Å². The fraction of sp³-hybridized carbons (Fsp3) is 0.902. The first-order valence-electron chi connectivity index (χ1n) is 20.3. The van der Waals surface area contributed by atoms with Crippen LogP contribution in [0.3, 0.4) is 0 Å². The molecule has 19 atom stereocenters. The predicted molar refractivity (Wildman–Crippen MR) is 194 cm³/mol. The van der Waals surface area contributed by atoms with Crippen molar-refractivity contribution in [2.24, 2.45) is 50.2 Å². The Hall–Kier alpha value is -1.56. The van der Waals surface area contributed by atoms with E-state index in [2.05, 4.69) is 40.7 Å². The molecular weight excluding hydrogens is 716 g/mol. The van der Waals surface area contributed by atoms with Crippen LogP contribution in [0, 0.1) is 50.2 Å². The average molecular weight is 781 g/mol. The van der Waals surface area contributed by atoms with Crippen molar-refractivity contribution in [1.29, 1.82) is 0 Å². The van der Waals surface area contributed by atoms with Crippen LogP contribution in [-0.2, 0) is 28.5 Å². The highest BCUT2D eigenvalue weighted by Crippen LogP contribution is 2.75. The zero-order valence-corrected chi connectivity index (χ0v) is 33.0. The van der Waals surface area contributed by atoms with Crippen LogP contribution in [0.1, 0.15) is 99.3 Å². The van der Waals surface area contributed by atoms with E-state index in [1.165, 1.54) is 5.57 Å². The van der Waals surface area contributed by atoms with E-state index < -0.39 is 96.3 Å². The molecule has 2 saturated heterocycles. The van der Waals surface area contributed by atoms with E-state index in [-0.39, 0.29) is 40.6 Å². The normalized spacial score (nSPS) is 54.8. The zero-order chi connectivity index (χ0) is 40.3. The van der Waals surface area contributed by atoms with Gasteiger partial charge in [-0.2, -0.15) is 0 Å². The van der Waals surface area contributed by atoms with Crippen molar-refractivity contribution < 1.29 is 69.4 Å². The fourth-order valence-corrected chi connectivity index (χ4v) is 13.3. The number of carbonyl (C=O) groups is 2. The molecule has 6 fully saturated rings. The third-order valence-electron chi connectivity index (χ3n) is 16.9. The van der Waals surface area contributed by atoms with Crippen LogP contribution in [-0.4, -0.2) is 134 Å². The molecule has 8 N–H and O–H groups in total. The van der Waals surface area contributed by atoms with Gasteiger partial charge in [0, 0.05) is 0 Å². The van der Waals surface area contributed by atoms with Crippen molar-refractivity contribution in [3.8, 4) is 0 Å². The second-order valence-electron chi connectivity index (χ2n) is 20.0. The van der Waals surface area contributed by atoms with Crippen LogP contribution >= 0.6 is 0 Å². The third-order valence-corrected chi connectivity index (χ3v) is 16.9. The number of aliphatic hydroxyl groups is 7. The van der Waals surface area contributed by atoms with Gasteiger partial charge in [-0.3, -0.25) is 4.79 Å². The molecule has 0 aromatic rings. The number of carboxylic acids is 1. The highest BCUT2D eigenvalue weighted by atomic mass is 16.8. The first-order valence-corrected chi connectivity index (χ1v) is 20.3. The number of aldehydes is 1. The molecule has 0 aromatic heterocycles. The fourth-order valence-electron chi connectivity index (χ4n) is 13.3. The Labute approximate surface area is 323 Å². The lowest BCUT2D eigenvalue weighted by Gasteiger charge is -2.71. The average Bonchev–Trinajstić information content (AvgIpc) is 3.12. The number of ether oxygens (including phenoxy) is 4. The summed E-state index contributed by atoms with van der Waals surface area (Å²) in [6.45, 7) is 12.2. The van der Waals surface area contributed by atoms with Crippen LogP contribution in [0.2, 0.25) is 0 Å². The molecule has 2 aliphatic heterocycles. The maximum atomic E-state index is 13.4. The highest BCUT2D eigenvalue weighted by molar-refractivity contribution is 5.77. The quantitative estimate of drug-likeness (QED) is 0.104. The molecule has 0 bridgehead atoms. The van der Waals surface area contributed by atoms with Gasteiger partial charge in [0.25, 0.3) is 0 Å². The summed E-state index contributed by atoms with van der Waals surface area (Å²) in [4.78, 5) is 26.5. The van der Waals surface area contributed by atoms with E-state index in [0.29, 0.717) is 38.5 Å². The van der Waals surface area contributed by atoms with Gasteiger partial charge in [-0.05, 0) is 97.2 Å². The molecule has 14 heteroatoms. The minimum atomic E-state index is -1.76. The Balaban J connectivity index is 1.16.